The molecule has 0 spiro atoms. The number of aliphatic hydroxyl groups excluding tert-OH is 2. The van der Waals surface area contributed by atoms with Crippen LogP contribution < -0.4 is 0 Å². The lowest BCUT2D eigenvalue weighted by Gasteiger charge is -2.12. The van der Waals surface area contributed by atoms with Crippen molar-refractivity contribution in [3.05, 3.63) is 35.4 Å². The van der Waals surface area contributed by atoms with Gasteiger partial charge in [0.25, 0.3) is 0 Å². The highest BCUT2D eigenvalue weighted by molar-refractivity contribution is 5.26. The van der Waals surface area contributed by atoms with Gasteiger partial charge >= 0.3 is 0 Å². The number of hydrogen-bond acceptors (Lipinski definition) is 3. The van der Waals surface area contributed by atoms with Crippen molar-refractivity contribution in [1.82, 2.24) is 0 Å². The molecule has 0 amide bonds. The summed E-state index contributed by atoms with van der Waals surface area (Å²) in [4.78, 5) is 0. The minimum absolute atomic E-state index is 0.582. The predicted molar refractivity (Wildman–Crippen MR) is 52.4 cm³/mol. The maximum absolute atomic E-state index is 9.54. The Balaban J connectivity index is 2.90. The summed E-state index contributed by atoms with van der Waals surface area (Å²) < 4.78 is 0. The number of rotatable bonds is 3. The van der Waals surface area contributed by atoms with E-state index in [9.17, 15) is 5.11 Å². The van der Waals surface area contributed by atoms with Gasteiger partial charge in [-0.05, 0) is 17.5 Å². The normalized spacial score (nSPS) is 14.4. The fraction of sp³-hybridized carbons (Fsp3) is 0.364. The van der Waals surface area contributed by atoms with Gasteiger partial charge in [0.05, 0.1) is 6.07 Å². The molecule has 0 radical (unpaired) electrons. The average Bonchev–Trinajstić information content (AvgIpc) is 2.27. The summed E-state index contributed by atoms with van der Waals surface area (Å²) in [6.07, 6.45) is -1.61. The van der Waals surface area contributed by atoms with Crippen LogP contribution in [-0.2, 0) is 6.42 Å². The van der Waals surface area contributed by atoms with E-state index in [1.807, 2.05) is 19.1 Å². The molecule has 3 nitrogen and oxygen atoms in total. The third-order valence-corrected chi connectivity index (χ3v) is 2.13. The van der Waals surface area contributed by atoms with Crippen molar-refractivity contribution in [2.45, 2.75) is 25.6 Å². The van der Waals surface area contributed by atoms with Gasteiger partial charge in [0, 0.05) is 0 Å². The van der Waals surface area contributed by atoms with E-state index >= 15 is 0 Å². The Bertz CT molecular complexity index is 343. The molecule has 0 aliphatic carbocycles. The van der Waals surface area contributed by atoms with Crippen molar-refractivity contribution in [3.63, 3.8) is 0 Å². The molecule has 1 aromatic carbocycles. The lowest BCUT2D eigenvalue weighted by molar-refractivity contribution is 0.0527. The van der Waals surface area contributed by atoms with E-state index in [-0.39, 0.29) is 0 Å². The van der Waals surface area contributed by atoms with Crippen molar-refractivity contribution in [2.75, 3.05) is 0 Å². The molecule has 2 unspecified atom stereocenters. The fourth-order valence-electron chi connectivity index (χ4n) is 1.25. The second-order valence-corrected chi connectivity index (χ2v) is 3.12. The largest absolute Gasteiger partial charge is 0.385 e. The Morgan fingerprint density at radius 2 is 2.14 bits per heavy atom. The molecule has 1 aromatic rings. The standard InChI is InChI=1S/C11H13NO2/c1-2-8-4-3-5-9(6-8)11(14)10(13)7-12/h3-6,10-11,13-14H,2H2,1H3. The van der Waals surface area contributed by atoms with Gasteiger partial charge in [0.2, 0.25) is 0 Å². The van der Waals surface area contributed by atoms with Crippen molar-refractivity contribution in [3.8, 4) is 6.07 Å². The minimum Gasteiger partial charge on any atom is -0.385 e. The summed E-state index contributed by atoms with van der Waals surface area (Å²) in [5, 5.41) is 27.1. The Labute approximate surface area is 83.2 Å². The Morgan fingerprint density at radius 3 is 2.71 bits per heavy atom. The third kappa shape index (κ3) is 2.32. The highest BCUT2D eigenvalue weighted by Gasteiger charge is 2.17. The monoisotopic (exact) mass is 191 g/mol. The topological polar surface area (TPSA) is 64.2 Å². The molecule has 1 rings (SSSR count). The Kier molecular flexibility index (Phi) is 3.63. The van der Waals surface area contributed by atoms with Crippen LogP contribution in [0.1, 0.15) is 24.2 Å². The summed E-state index contributed by atoms with van der Waals surface area (Å²) in [5.74, 6) is 0. The average molecular weight is 191 g/mol. The predicted octanol–water partition coefficient (Wildman–Crippen LogP) is 1.17. The second-order valence-electron chi connectivity index (χ2n) is 3.12. The fourth-order valence-corrected chi connectivity index (χ4v) is 1.25. The van der Waals surface area contributed by atoms with E-state index in [0.717, 1.165) is 12.0 Å². The summed E-state index contributed by atoms with van der Waals surface area (Å²) in [6.45, 7) is 2.01. The summed E-state index contributed by atoms with van der Waals surface area (Å²) in [6, 6.07) is 8.85. The smallest absolute Gasteiger partial charge is 0.170 e. The van der Waals surface area contributed by atoms with Crippen LogP contribution in [0.4, 0.5) is 0 Å². The first-order valence-corrected chi connectivity index (χ1v) is 4.53. The summed E-state index contributed by atoms with van der Waals surface area (Å²) >= 11 is 0. The number of benzene rings is 1. The van der Waals surface area contributed by atoms with Crippen molar-refractivity contribution >= 4 is 0 Å². The molecule has 0 bridgehead atoms. The van der Waals surface area contributed by atoms with Crippen LogP contribution in [0.2, 0.25) is 0 Å². The second kappa shape index (κ2) is 4.75. The number of hydrogen-bond donors (Lipinski definition) is 2. The molecule has 74 valence electrons. The van der Waals surface area contributed by atoms with Crippen molar-refractivity contribution in [2.24, 2.45) is 0 Å². The summed E-state index contributed by atoms with van der Waals surface area (Å²) in [5.41, 5.74) is 1.66. The summed E-state index contributed by atoms with van der Waals surface area (Å²) in [7, 11) is 0. The first-order valence-electron chi connectivity index (χ1n) is 4.53. The van der Waals surface area contributed by atoms with Crippen LogP contribution in [0.5, 0.6) is 0 Å². The van der Waals surface area contributed by atoms with Gasteiger partial charge in [-0.1, -0.05) is 31.2 Å². The molecular weight excluding hydrogens is 178 g/mol. The molecule has 0 saturated heterocycles. The zero-order valence-electron chi connectivity index (χ0n) is 8.01. The van der Waals surface area contributed by atoms with E-state index in [2.05, 4.69) is 0 Å². The molecule has 3 heteroatoms. The number of nitriles is 1. The minimum atomic E-state index is -1.36. The molecule has 0 fully saturated rings. The molecule has 2 atom stereocenters. The number of nitrogens with zero attached hydrogens (tertiary/aromatic N) is 1. The van der Waals surface area contributed by atoms with Gasteiger partial charge in [-0.3, -0.25) is 0 Å². The van der Waals surface area contributed by atoms with Gasteiger partial charge in [0.1, 0.15) is 6.10 Å². The zero-order chi connectivity index (χ0) is 10.6. The van der Waals surface area contributed by atoms with Crippen molar-refractivity contribution < 1.29 is 10.2 Å². The lowest BCUT2D eigenvalue weighted by Crippen LogP contribution is -2.15. The SMILES string of the molecule is CCc1cccc(C(O)C(O)C#N)c1. The number of aliphatic hydroxyl groups is 2. The Hall–Kier alpha value is -1.37. The quantitative estimate of drug-likeness (QED) is 0.705. The van der Waals surface area contributed by atoms with Gasteiger partial charge in [0.15, 0.2) is 6.10 Å². The van der Waals surface area contributed by atoms with Crippen LogP contribution >= 0.6 is 0 Å². The van der Waals surface area contributed by atoms with Gasteiger partial charge in [-0.15, -0.1) is 0 Å². The molecule has 2 N–H and O–H groups in total. The molecule has 14 heavy (non-hydrogen) atoms. The van der Waals surface area contributed by atoms with Crippen LogP contribution in [-0.4, -0.2) is 16.3 Å². The van der Waals surface area contributed by atoms with Gasteiger partial charge in [-0.25, -0.2) is 0 Å². The van der Waals surface area contributed by atoms with Gasteiger partial charge < -0.3 is 10.2 Å². The molecule has 0 saturated carbocycles. The molecular formula is C11H13NO2. The maximum Gasteiger partial charge on any atom is 0.170 e. The first-order chi connectivity index (χ1) is 6.69. The van der Waals surface area contributed by atoms with Crippen LogP contribution in [0.3, 0.4) is 0 Å². The van der Waals surface area contributed by atoms with E-state index in [4.69, 9.17) is 10.4 Å². The highest BCUT2D eigenvalue weighted by Crippen LogP contribution is 2.17. The molecule has 0 aromatic heterocycles. The van der Waals surface area contributed by atoms with E-state index in [0.29, 0.717) is 5.56 Å². The van der Waals surface area contributed by atoms with Crippen molar-refractivity contribution in [1.29, 1.82) is 5.26 Å². The molecule has 0 aliphatic heterocycles. The Morgan fingerprint density at radius 1 is 1.43 bits per heavy atom. The highest BCUT2D eigenvalue weighted by atomic mass is 16.3. The maximum atomic E-state index is 9.54. The lowest BCUT2D eigenvalue weighted by atomic mass is 10.0. The zero-order valence-corrected chi connectivity index (χ0v) is 8.01. The third-order valence-electron chi connectivity index (χ3n) is 2.13. The van der Waals surface area contributed by atoms with E-state index in [1.165, 1.54) is 0 Å². The first kappa shape index (κ1) is 10.7. The molecule has 0 aliphatic rings. The molecule has 0 heterocycles. The van der Waals surface area contributed by atoms with Crippen LogP contribution in [0, 0.1) is 11.3 Å². The van der Waals surface area contributed by atoms with Gasteiger partial charge in [-0.2, -0.15) is 5.26 Å². The van der Waals surface area contributed by atoms with Crippen LogP contribution in [0.25, 0.3) is 0 Å². The van der Waals surface area contributed by atoms with Crippen LogP contribution in [0.15, 0.2) is 24.3 Å². The van der Waals surface area contributed by atoms with E-state index in [1.54, 1.807) is 18.2 Å². The van der Waals surface area contributed by atoms with E-state index < -0.39 is 12.2 Å². The number of aryl methyl sites for hydroxylation is 1.